The van der Waals surface area contributed by atoms with E-state index in [-0.39, 0.29) is 0 Å². The lowest BCUT2D eigenvalue weighted by Crippen LogP contribution is -2.24. The molecule has 1 aliphatic rings. The highest BCUT2D eigenvalue weighted by Gasteiger charge is 2.26. The zero-order chi connectivity index (χ0) is 9.42. The Labute approximate surface area is 80.1 Å². The topological polar surface area (TPSA) is 55.1 Å². The van der Waals surface area contributed by atoms with Crippen molar-refractivity contribution in [2.45, 2.75) is 25.3 Å². The molecular formula is C8H9ClN2O2. The summed E-state index contributed by atoms with van der Waals surface area (Å²) in [5, 5.41) is 9.34. The number of fused-ring (bicyclic) bond motifs is 1. The summed E-state index contributed by atoms with van der Waals surface area (Å²) in [6.07, 6.45) is 3.86. The smallest absolute Gasteiger partial charge is 0.326 e. The lowest BCUT2D eigenvalue weighted by molar-refractivity contribution is -0.141. The third-order valence-corrected chi connectivity index (χ3v) is 2.67. The van der Waals surface area contributed by atoms with E-state index in [9.17, 15) is 4.79 Å². The molecule has 1 aromatic rings. The number of hydrogen-bond donors (Lipinski definition) is 1. The molecule has 1 N–H and O–H groups in total. The Bertz CT molecular complexity index is 348. The van der Waals surface area contributed by atoms with Crippen molar-refractivity contribution < 1.29 is 9.90 Å². The lowest BCUT2D eigenvalue weighted by atomic mass is 10.0. The predicted octanol–water partition coefficient (Wildman–Crippen LogP) is 1.50. The van der Waals surface area contributed by atoms with E-state index in [2.05, 4.69) is 4.98 Å². The third-order valence-electron chi connectivity index (χ3n) is 2.36. The molecule has 1 aliphatic heterocycles. The van der Waals surface area contributed by atoms with Crippen molar-refractivity contribution in [1.82, 2.24) is 9.55 Å². The quantitative estimate of drug-likeness (QED) is 0.748. The molecule has 0 aromatic carbocycles. The molecule has 1 atom stereocenters. The lowest BCUT2D eigenvalue weighted by Gasteiger charge is -2.21. The summed E-state index contributed by atoms with van der Waals surface area (Å²) in [5.41, 5.74) is 0.848. The van der Waals surface area contributed by atoms with Crippen LogP contribution in [0.5, 0.6) is 0 Å². The number of carbonyl (C=O) groups is 1. The number of nitrogens with zero attached hydrogens (tertiary/aromatic N) is 2. The first-order valence-electron chi connectivity index (χ1n) is 4.14. The maximum absolute atomic E-state index is 10.8. The molecule has 0 aliphatic carbocycles. The highest BCUT2D eigenvalue weighted by molar-refractivity contribution is 6.30. The van der Waals surface area contributed by atoms with Crippen molar-refractivity contribution >= 4 is 17.6 Å². The number of aromatic nitrogens is 2. The molecule has 0 fully saturated rings. The van der Waals surface area contributed by atoms with Crippen LogP contribution in [0, 0.1) is 0 Å². The number of carboxylic acid groups (broad SMARTS) is 1. The van der Waals surface area contributed by atoms with Crippen molar-refractivity contribution in [3.8, 4) is 0 Å². The van der Waals surface area contributed by atoms with Gasteiger partial charge in [-0.1, -0.05) is 11.6 Å². The van der Waals surface area contributed by atoms with Crippen LogP contribution in [0.3, 0.4) is 0 Å². The van der Waals surface area contributed by atoms with Crippen LogP contribution in [-0.4, -0.2) is 20.6 Å². The summed E-state index contributed by atoms with van der Waals surface area (Å²) < 4.78 is 1.66. The first-order valence-corrected chi connectivity index (χ1v) is 4.52. The van der Waals surface area contributed by atoms with E-state index in [0.717, 1.165) is 18.5 Å². The number of aliphatic carboxylic acids is 1. The van der Waals surface area contributed by atoms with Gasteiger partial charge in [0.05, 0.1) is 12.0 Å². The molecule has 1 unspecified atom stereocenters. The van der Waals surface area contributed by atoms with Gasteiger partial charge in [-0.2, -0.15) is 0 Å². The van der Waals surface area contributed by atoms with Crippen LogP contribution < -0.4 is 0 Å². The summed E-state index contributed by atoms with van der Waals surface area (Å²) >= 11 is 5.80. The summed E-state index contributed by atoms with van der Waals surface area (Å²) in [5.74, 6) is -0.810. The van der Waals surface area contributed by atoms with Gasteiger partial charge >= 0.3 is 5.97 Å². The molecule has 2 heterocycles. The van der Waals surface area contributed by atoms with E-state index in [1.54, 1.807) is 4.57 Å². The Kier molecular flexibility index (Phi) is 2.00. The monoisotopic (exact) mass is 200 g/mol. The Morgan fingerprint density at radius 2 is 2.54 bits per heavy atom. The summed E-state index contributed by atoms with van der Waals surface area (Å²) in [7, 11) is 0. The SMILES string of the molecule is O=C(O)C1CCCc2c(Cl)ncn21. The molecule has 0 saturated heterocycles. The fraction of sp³-hybridized carbons (Fsp3) is 0.500. The van der Waals surface area contributed by atoms with Crippen LogP contribution in [0.1, 0.15) is 24.6 Å². The van der Waals surface area contributed by atoms with Gasteiger partial charge < -0.3 is 9.67 Å². The average molecular weight is 201 g/mol. The maximum Gasteiger partial charge on any atom is 0.326 e. The molecule has 2 rings (SSSR count). The Morgan fingerprint density at radius 3 is 3.23 bits per heavy atom. The molecule has 5 heteroatoms. The van der Waals surface area contributed by atoms with Gasteiger partial charge in [-0.25, -0.2) is 9.78 Å². The molecule has 1 aromatic heterocycles. The fourth-order valence-electron chi connectivity index (χ4n) is 1.71. The van der Waals surface area contributed by atoms with E-state index >= 15 is 0 Å². The first-order chi connectivity index (χ1) is 6.20. The third kappa shape index (κ3) is 1.31. The molecule has 0 radical (unpaired) electrons. The number of rotatable bonds is 1. The predicted molar refractivity (Wildman–Crippen MR) is 46.8 cm³/mol. The van der Waals surface area contributed by atoms with Gasteiger partial charge in [-0.3, -0.25) is 0 Å². The van der Waals surface area contributed by atoms with Crippen LogP contribution >= 0.6 is 11.6 Å². The zero-order valence-corrected chi connectivity index (χ0v) is 7.66. The average Bonchev–Trinajstić information content (AvgIpc) is 2.48. The molecule has 0 spiro atoms. The fourth-order valence-corrected chi connectivity index (χ4v) is 1.94. The van der Waals surface area contributed by atoms with E-state index in [4.69, 9.17) is 16.7 Å². The molecule has 0 saturated carbocycles. The number of hydrogen-bond acceptors (Lipinski definition) is 2. The normalized spacial score (nSPS) is 21.2. The molecular weight excluding hydrogens is 192 g/mol. The van der Waals surface area contributed by atoms with Crippen molar-refractivity contribution in [2.24, 2.45) is 0 Å². The van der Waals surface area contributed by atoms with Crippen LogP contribution in [0.25, 0.3) is 0 Å². The van der Waals surface area contributed by atoms with Gasteiger partial charge in [0.15, 0.2) is 0 Å². The van der Waals surface area contributed by atoms with Crippen molar-refractivity contribution in [2.75, 3.05) is 0 Å². The Morgan fingerprint density at radius 1 is 1.77 bits per heavy atom. The number of carboxylic acids is 1. The van der Waals surface area contributed by atoms with Crippen molar-refractivity contribution in [3.05, 3.63) is 17.2 Å². The van der Waals surface area contributed by atoms with E-state index < -0.39 is 12.0 Å². The number of imidazole rings is 1. The Balaban J connectivity index is 2.43. The second-order valence-electron chi connectivity index (χ2n) is 3.14. The van der Waals surface area contributed by atoms with Gasteiger partial charge in [0, 0.05) is 0 Å². The maximum atomic E-state index is 10.8. The second-order valence-corrected chi connectivity index (χ2v) is 3.49. The van der Waals surface area contributed by atoms with E-state index in [0.29, 0.717) is 11.6 Å². The van der Waals surface area contributed by atoms with Crippen LogP contribution in [0.4, 0.5) is 0 Å². The summed E-state index contributed by atoms with van der Waals surface area (Å²) in [6.45, 7) is 0. The highest BCUT2D eigenvalue weighted by Crippen LogP contribution is 2.28. The minimum Gasteiger partial charge on any atom is -0.480 e. The van der Waals surface area contributed by atoms with Crippen LogP contribution in [0.2, 0.25) is 5.15 Å². The summed E-state index contributed by atoms with van der Waals surface area (Å²) in [6, 6.07) is -0.483. The second kappa shape index (κ2) is 3.03. The number of halogens is 1. The van der Waals surface area contributed by atoms with Gasteiger partial charge in [0.1, 0.15) is 11.2 Å². The van der Waals surface area contributed by atoms with Crippen LogP contribution in [0.15, 0.2) is 6.33 Å². The minimum absolute atomic E-state index is 0.436. The van der Waals surface area contributed by atoms with E-state index in [1.807, 2.05) is 0 Å². The molecule has 13 heavy (non-hydrogen) atoms. The van der Waals surface area contributed by atoms with Crippen molar-refractivity contribution in [1.29, 1.82) is 0 Å². The van der Waals surface area contributed by atoms with Gasteiger partial charge in [0.2, 0.25) is 0 Å². The van der Waals surface area contributed by atoms with Crippen LogP contribution in [-0.2, 0) is 11.2 Å². The molecule has 0 amide bonds. The van der Waals surface area contributed by atoms with Crippen molar-refractivity contribution in [3.63, 3.8) is 0 Å². The molecule has 0 bridgehead atoms. The van der Waals surface area contributed by atoms with Gasteiger partial charge in [-0.05, 0) is 19.3 Å². The Hall–Kier alpha value is -1.03. The highest BCUT2D eigenvalue weighted by atomic mass is 35.5. The van der Waals surface area contributed by atoms with E-state index in [1.165, 1.54) is 6.33 Å². The minimum atomic E-state index is -0.810. The molecule has 70 valence electrons. The standard InChI is InChI=1S/C8H9ClN2O2/c9-7-5-2-1-3-6(8(12)13)11(5)4-10-7/h4,6H,1-3H2,(H,12,13). The van der Waals surface area contributed by atoms with Gasteiger partial charge in [-0.15, -0.1) is 0 Å². The van der Waals surface area contributed by atoms with Gasteiger partial charge in [0.25, 0.3) is 0 Å². The largest absolute Gasteiger partial charge is 0.480 e. The molecule has 4 nitrogen and oxygen atoms in total. The summed E-state index contributed by atoms with van der Waals surface area (Å²) in [4.78, 5) is 14.7. The zero-order valence-electron chi connectivity index (χ0n) is 6.90. The first kappa shape index (κ1) is 8.56.